The van der Waals surface area contributed by atoms with Crippen LogP contribution in [-0.4, -0.2) is 29.7 Å². The average molecular weight is 360 g/mol. The van der Waals surface area contributed by atoms with Gasteiger partial charge >= 0.3 is 6.09 Å². The normalized spacial score (nSPS) is 12.5. The van der Waals surface area contributed by atoms with E-state index in [1.54, 1.807) is 6.08 Å². The Morgan fingerprint density at radius 3 is 2.27 bits per heavy atom. The summed E-state index contributed by atoms with van der Waals surface area (Å²) in [6, 6.07) is 10.2. The van der Waals surface area contributed by atoms with Crippen molar-refractivity contribution in [3.63, 3.8) is 0 Å². The minimum absolute atomic E-state index is 0.161. The first-order chi connectivity index (χ1) is 12.0. The molecule has 5 nitrogen and oxygen atoms in total. The maximum atomic E-state index is 12.2. The van der Waals surface area contributed by atoms with E-state index >= 15 is 0 Å². The molecule has 0 atom stereocenters. The first-order valence-corrected chi connectivity index (χ1v) is 8.97. The summed E-state index contributed by atoms with van der Waals surface area (Å²) >= 11 is 0. The smallest absolute Gasteiger partial charge is 0.407 e. The lowest BCUT2D eigenvalue weighted by atomic mass is 10.0. The van der Waals surface area contributed by atoms with Crippen molar-refractivity contribution in [2.75, 3.05) is 6.54 Å². The van der Waals surface area contributed by atoms with Crippen LogP contribution >= 0.6 is 0 Å². The van der Waals surface area contributed by atoms with Crippen LogP contribution in [0.25, 0.3) is 0 Å². The molecule has 0 fully saturated rings. The fourth-order valence-corrected chi connectivity index (χ4v) is 2.30. The second kappa shape index (κ2) is 9.41. The number of aryl methyl sites for hydroxylation is 1. The van der Waals surface area contributed by atoms with Crippen molar-refractivity contribution < 1.29 is 14.3 Å². The first kappa shape index (κ1) is 21.7. The van der Waals surface area contributed by atoms with Crippen molar-refractivity contribution in [1.82, 2.24) is 10.6 Å². The lowest BCUT2D eigenvalue weighted by molar-refractivity contribution is -0.118. The number of alkyl carbamates (subject to hydrolysis) is 1. The molecule has 0 saturated carbocycles. The number of benzene rings is 1. The minimum Gasteiger partial charge on any atom is -0.444 e. The van der Waals surface area contributed by atoms with Gasteiger partial charge in [0.25, 0.3) is 0 Å². The van der Waals surface area contributed by atoms with Crippen LogP contribution in [0.4, 0.5) is 4.79 Å². The van der Waals surface area contributed by atoms with E-state index in [9.17, 15) is 9.59 Å². The Balaban J connectivity index is 2.44. The largest absolute Gasteiger partial charge is 0.444 e. The van der Waals surface area contributed by atoms with E-state index in [4.69, 9.17) is 4.74 Å². The zero-order valence-electron chi connectivity index (χ0n) is 16.8. The van der Waals surface area contributed by atoms with Crippen LogP contribution in [0, 0.1) is 0 Å². The third kappa shape index (κ3) is 9.87. The summed E-state index contributed by atoms with van der Waals surface area (Å²) in [5, 5.41) is 5.61. The molecule has 2 amide bonds. The maximum absolute atomic E-state index is 12.2. The Bertz CT molecular complexity index is 628. The minimum atomic E-state index is -0.579. The van der Waals surface area contributed by atoms with Crippen LogP contribution in [-0.2, 0) is 16.0 Å². The van der Waals surface area contributed by atoms with Crippen LogP contribution in [0.2, 0.25) is 0 Å². The monoisotopic (exact) mass is 360 g/mol. The Morgan fingerprint density at radius 2 is 1.69 bits per heavy atom. The van der Waals surface area contributed by atoms with Gasteiger partial charge in [-0.25, -0.2) is 4.79 Å². The fraction of sp³-hybridized carbons (Fsp3) is 0.524. The number of hydrogen-bond acceptors (Lipinski definition) is 3. The van der Waals surface area contributed by atoms with E-state index in [0.29, 0.717) is 0 Å². The number of amides is 2. The lowest BCUT2D eigenvalue weighted by Gasteiger charge is -2.27. The molecule has 0 saturated heterocycles. The van der Waals surface area contributed by atoms with Gasteiger partial charge in [-0.2, -0.15) is 0 Å². The summed E-state index contributed by atoms with van der Waals surface area (Å²) in [5.74, 6) is -0.161. The standard InChI is InChI=1S/C21H32N2O3/c1-16(12-13-17-10-8-7-9-11-17)14-18(24)23-21(5,6)15-22-19(25)26-20(2,3)4/h7-11,14H,12-13,15H2,1-6H3,(H,22,25)(H,23,24)/b16-14+. The van der Waals surface area contributed by atoms with Gasteiger partial charge in [-0.05, 0) is 59.9 Å². The molecule has 1 aromatic rings. The molecule has 0 heterocycles. The molecule has 0 spiro atoms. The van der Waals surface area contributed by atoms with Crippen molar-refractivity contribution in [2.45, 2.75) is 65.5 Å². The average Bonchev–Trinajstić information content (AvgIpc) is 2.50. The second-order valence-corrected chi connectivity index (χ2v) is 8.20. The molecule has 0 aromatic heterocycles. The predicted molar refractivity (Wildman–Crippen MR) is 105 cm³/mol. The van der Waals surface area contributed by atoms with E-state index in [-0.39, 0.29) is 12.5 Å². The van der Waals surface area contributed by atoms with Gasteiger partial charge in [-0.1, -0.05) is 35.9 Å². The van der Waals surface area contributed by atoms with Gasteiger partial charge in [-0.15, -0.1) is 0 Å². The van der Waals surface area contributed by atoms with E-state index in [1.807, 2.05) is 59.7 Å². The molecule has 0 unspecified atom stereocenters. The van der Waals surface area contributed by atoms with Gasteiger partial charge in [0, 0.05) is 12.6 Å². The molecule has 1 aromatic carbocycles. The van der Waals surface area contributed by atoms with Crippen molar-refractivity contribution >= 4 is 12.0 Å². The van der Waals surface area contributed by atoms with E-state index < -0.39 is 17.2 Å². The van der Waals surface area contributed by atoms with Crippen molar-refractivity contribution in [2.24, 2.45) is 0 Å². The summed E-state index contributed by atoms with van der Waals surface area (Å²) < 4.78 is 5.20. The van der Waals surface area contributed by atoms with Crippen LogP contribution < -0.4 is 10.6 Å². The number of rotatable bonds is 7. The molecule has 0 radical (unpaired) electrons. The summed E-state index contributed by atoms with van der Waals surface area (Å²) in [6.07, 6.45) is 2.86. The molecule has 5 heteroatoms. The third-order valence-corrected chi connectivity index (χ3v) is 3.56. The number of carbonyl (C=O) groups excluding carboxylic acids is 2. The number of hydrogen-bond donors (Lipinski definition) is 2. The van der Waals surface area contributed by atoms with Crippen LogP contribution in [0.3, 0.4) is 0 Å². The van der Waals surface area contributed by atoms with Crippen molar-refractivity contribution in [3.8, 4) is 0 Å². The van der Waals surface area contributed by atoms with Crippen molar-refractivity contribution in [1.29, 1.82) is 0 Å². The highest BCUT2D eigenvalue weighted by Gasteiger charge is 2.22. The molecule has 0 aliphatic rings. The van der Waals surface area contributed by atoms with Crippen LogP contribution in [0.15, 0.2) is 42.0 Å². The fourth-order valence-electron chi connectivity index (χ4n) is 2.30. The van der Waals surface area contributed by atoms with Gasteiger partial charge in [0.05, 0.1) is 5.54 Å². The molecule has 0 aliphatic carbocycles. The highest BCUT2D eigenvalue weighted by Crippen LogP contribution is 2.10. The molecule has 144 valence electrons. The van der Waals surface area contributed by atoms with Crippen LogP contribution in [0.5, 0.6) is 0 Å². The molecular weight excluding hydrogens is 328 g/mol. The zero-order chi connectivity index (χ0) is 19.8. The van der Waals surface area contributed by atoms with Crippen LogP contribution in [0.1, 0.15) is 53.5 Å². The lowest BCUT2D eigenvalue weighted by Crippen LogP contribution is -2.51. The molecule has 0 bridgehead atoms. The number of carbonyl (C=O) groups is 2. The zero-order valence-corrected chi connectivity index (χ0v) is 16.8. The highest BCUT2D eigenvalue weighted by molar-refractivity contribution is 5.88. The third-order valence-electron chi connectivity index (χ3n) is 3.56. The molecule has 1 rings (SSSR count). The molecule has 2 N–H and O–H groups in total. The highest BCUT2D eigenvalue weighted by atomic mass is 16.6. The summed E-state index contributed by atoms with van der Waals surface area (Å²) in [5.41, 5.74) is 1.14. The Hall–Kier alpha value is -2.30. The van der Waals surface area contributed by atoms with Gasteiger partial charge in [0.15, 0.2) is 0 Å². The summed E-state index contributed by atoms with van der Waals surface area (Å²) in [4.78, 5) is 24.0. The predicted octanol–water partition coefficient (Wildman–Crippen LogP) is 3.99. The quantitative estimate of drug-likeness (QED) is 0.723. The Kier molecular flexibility index (Phi) is 7.87. The number of nitrogens with one attached hydrogen (secondary N) is 2. The van der Waals surface area contributed by atoms with E-state index in [1.165, 1.54) is 5.56 Å². The number of allylic oxidation sites excluding steroid dienone is 1. The Morgan fingerprint density at radius 1 is 1.08 bits per heavy atom. The Labute approximate surface area is 157 Å². The van der Waals surface area contributed by atoms with Gasteiger partial charge in [0.1, 0.15) is 5.60 Å². The summed E-state index contributed by atoms with van der Waals surface area (Å²) in [6.45, 7) is 11.4. The molecule has 0 aliphatic heterocycles. The summed E-state index contributed by atoms with van der Waals surface area (Å²) in [7, 11) is 0. The maximum Gasteiger partial charge on any atom is 0.407 e. The molecular formula is C21H32N2O3. The SMILES string of the molecule is C/C(=C\C(=O)NC(C)(C)CNC(=O)OC(C)(C)C)CCc1ccccc1. The van der Waals surface area contributed by atoms with Gasteiger partial charge < -0.3 is 15.4 Å². The molecule has 26 heavy (non-hydrogen) atoms. The van der Waals surface area contributed by atoms with Gasteiger partial charge in [0.2, 0.25) is 5.91 Å². The van der Waals surface area contributed by atoms with Crippen molar-refractivity contribution in [3.05, 3.63) is 47.5 Å². The first-order valence-electron chi connectivity index (χ1n) is 8.97. The topological polar surface area (TPSA) is 67.4 Å². The number of ether oxygens (including phenoxy) is 1. The second-order valence-electron chi connectivity index (χ2n) is 8.20. The van der Waals surface area contributed by atoms with Gasteiger partial charge in [-0.3, -0.25) is 4.79 Å². The van der Waals surface area contributed by atoms with E-state index in [0.717, 1.165) is 18.4 Å². The van der Waals surface area contributed by atoms with E-state index in [2.05, 4.69) is 22.8 Å².